The molecule has 1 aliphatic rings. The smallest absolute Gasteiger partial charge is 0.253 e. The topological polar surface area (TPSA) is 29.5 Å². The lowest BCUT2D eigenvalue weighted by molar-refractivity contribution is -0.128. The Hall–Kier alpha value is -1.09. The highest BCUT2D eigenvalue weighted by atomic mass is 16.5. The predicted octanol–water partition coefficient (Wildman–Crippen LogP) is 3.56. The molecule has 1 heterocycles. The molecular formula is C17H29NO2. The number of rotatable bonds is 7. The summed E-state index contributed by atoms with van der Waals surface area (Å²) in [6, 6.07) is 0. The second-order valence-electron chi connectivity index (χ2n) is 5.73. The van der Waals surface area contributed by atoms with Crippen molar-refractivity contribution in [2.24, 2.45) is 5.92 Å². The number of piperidine rings is 1. The van der Waals surface area contributed by atoms with Gasteiger partial charge in [-0.2, -0.15) is 0 Å². The molecule has 0 bridgehead atoms. The fourth-order valence-electron chi connectivity index (χ4n) is 2.70. The van der Waals surface area contributed by atoms with Crippen LogP contribution in [0.1, 0.15) is 46.0 Å². The van der Waals surface area contributed by atoms with Crippen LogP contribution in [0.4, 0.5) is 0 Å². The summed E-state index contributed by atoms with van der Waals surface area (Å²) < 4.78 is 5.03. The molecule has 20 heavy (non-hydrogen) atoms. The van der Waals surface area contributed by atoms with E-state index in [1.807, 2.05) is 17.9 Å². The average molecular weight is 279 g/mol. The maximum atomic E-state index is 12.5. The van der Waals surface area contributed by atoms with E-state index in [0.29, 0.717) is 12.2 Å². The van der Waals surface area contributed by atoms with Crippen LogP contribution in [0.3, 0.4) is 0 Å². The second-order valence-corrected chi connectivity index (χ2v) is 5.73. The Morgan fingerprint density at radius 1 is 1.40 bits per heavy atom. The van der Waals surface area contributed by atoms with E-state index in [2.05, 4.69) is 13.5 Å². The molecule has 1 aliphatic heterocycles. The molecule has 1 fully saturated rings. The van der Waals surface area contributed by atoms with Gasteiger partial charge in [0.05, 0.1) is 6.61 Å². The number of hydrogen-bond donors (Lipinski definition) is 0. The SMILES string of the molecule is C=C(C)/C(=C\COC)C(=O)N1CCC(CCCC)CC1. The first-order valence-electron chi connectivity index (χ1n) is 7.74. The van der Waals surface area contributed by atoms with E-state index >= 15 is 0 Å². The van der Waals surface area contributed by atoms with E-state index in [1.165, 1.54) is 19.3 Å². The van der Waals surface area contributed by atoms with Crippen LogP contribution in [0.15, 0.2) is 23.8 Å². The van der Waals surface area contributed by atoms with Crippen LogP contribution in [-0.4, -0.2) is 37.6 Å². The second kappa shape index (κ2) is 8.96. The lowest BCUT2D eigenvalue weighted by Crippen LogP contribution is -2.39. The van der Waals surface area contributed by atoms with E-state index in [9.17, 15) is 4.79 Å². The molecule has 0 spiro atoms. The number of methoxy groups -OCH3 is 1. The van der Waals surface area contributed by atoms with Gasteiger partial charge in [-0.25, -0.2) is 0 Å². The third kappa shape index (κ3) is 5.12. The lowest BCUT2D eigenvalue weighted by atomic mass is 9.91. The highest BCUT2D eigenvalue weighted by Crippen LogP contribution is 2.24. The highest BCUT2D eigenvalue weighted by molar-refractivity contribution is 5.97. The number of amides is 1. The number of ether oxygens (including phenoxy) is 1. The Morgan fingerprint density at radius 2 is 2.05 bits per heavy atom. The molecule has 0 aliphatic carbocycles. The van der Waals surface area contributed by atoms with Gasteiger partial charge in [-0.1, -0.05) is 32.8 Å². The van der Waals surface area contributed by atoms with Crippen molar-refractivity contribution in [3.05, 3.63) is 23.8 Å². The van der Waals surface area contributed by atoms with E-state index in [-0.39, 0.29) is 5.91 Å². The van der Waals surface area contributed by atoms with Crippen LogP contribution in [0.5, 0.6) is 0 Å². The predicted molar refractivity (Wildman–Crippen MR) is 83.6 cm³/mol. The minimum atomic E-state index is 0.114. The van der Waals surface area contributed by atoms with Gasteiger partial charge < -0.3 is 9.64 Å². The van der Waals surface area contributed by atoms with Gasteiger partial charge in [0.1, 0.15) is 0 Å². The highest BCUT2D eigenvalue weighted by Gasteiger charge is 2.24. The molecule has 0 radical (unpaired) electrons. The van der Waals surface area contributed by atoms with Crippen molar-refractivity contribution in [3.8, 4) is 0 Å². The van der Waals surface area contributed by atoms with Crippen LogP contribution in [0.25, 0.3) is 0 Å². The molecule has 0 atom stereocenters. The molecule has 0 saturated carbocycles. The molecule has 0 aromatic heterocycles. The molecule has 0 unspecified atom stereocenters. The van der Waals surface area contributed by atoms with Gasteiger partial charge in [0.15, 0.2) is 0 Å². The van der Waals surface area contributed by atoms with Gasteiger partial charge >= 0.3 is 0 Å². The number of unbranched alkanes of at least 4 members (excludes halogenated alkanes) is 1. The standard InChI is InChI=1S/C17H29NO2/c1-5-6-7-15-8-11-18(12-9-15)17(19)16(14(2)3)10-13-20-4/h10,15H,2,5-9,11-13H2,1,3-4H3/b16-10+. The normalized spacial score (nSPS) is 17.4. The van der Waals surface area contributed by atoms with E-state index in [1.54, 1.807) is 7.11 Å². The largest absolute Gasteiger partial charge is 0.381 e. The zero-order valence-electron chi connectivity index (χ0n) is 13.3. The Labute approximate surface area is 123 Å². The first kappa shape index (κ1) is 17.0. The third-order valence-electron chi connectivity index (χ3n) is 4.01. The quantitative estimate of drug-likeness (QED) is 0.527. The molecule has 3 nitrogen and oxygen atoms in total. The molecule has 3 heteroatoms. The van der Waals surface area contributed by atoms with Crippen LogP contribution < -0.4 is 0 Å². The average Bonchev–Trinajstić information content (AvgIpc) is 2.45. The minimum Gasteiger partial charge on any atom is -0.381 e. The molecule has 114 valence electrons. The van der Waals surface area contributed by atoms with Crippen LogP contribution >= 0.6 is 0 Å². The first-order valence-corrected chi connectivity index (χ1v) is 7.74. The van der Waals surface area contributed by atoms with Gasteiger partial charge in [0.2, 0.25) is 0 Å². The summed E-state index contributed by atoms with van der Waals surface area (Å²) in [6.45, 7) is 10.2. The fourth-order valence-corrected chi connectivity index (χ4v) is 2.70. The van der Waals surface area contributed by atoms with E-state index in [4.69, 9.17) is 4.74 Å². The van der Waals surface area contributed by atoms with Crippen molar-refractivity contribution in [1.82, 2.24) is 4.90 Å². The number of carbonyl (C=O) groups is 1. The Bertz CT molecular complexity index is 352. The molecule has 1 saturated heterocycles. The summed E-state index contributed by atoms with van der Waals surface area (Å²) >= 11 is 0. The monoisotopic (exact) mass is 279 g/mol. The maximum Gasteiger partial charge on any atom is 0.253 e. The van der Waals surface area contributed by atoms with E-state index < -0.39 is 0 Å². The minimum absolute atomic E-state index is 0.114. The van der Waals surface area contributed by atoms with Crippen molar-refractivity contribution in [1.29, 1.82) is 0 Å². The molecule has 1 rings (SSSR count). The zero-order valence-corrected chi connectivity index (χ0v) is 13.3. The Balaban J connectivity index is 2.54. The Kier molecular flexibility index (Phi) is 7.60. The van der Waals surface area contributed by atoms with Crippen LogP contribution in [0, 0.1) is 5.92 Å². The van der Waals surface area contributed by atoms with Gasteiger partial charge in [-0.15, -0.1) is 0 Å². The number of hydrogen-bond acceptors (Lipinski definition) is 2. The number of likely N-dealkylation sites (tertiary alicyclic amines) is 1. The summed E-state index contributed by atoms with van der Waals surface area (Å²) in [6.07, 6.45) is 8.00. The van der Waals surface area contributed by atoms with Crippen molar-refractivity contribution in [2.75, 3.05) is 26.8 Å². The summed E-state index contributed by atoms with van der Waals surface area (Å²) in [5.41, 5.74) is 1.53. The van der Waals surface area contributed by atoms with Gasteiger partial charge in [0.25, 0.3) is 5.91 Å². The Morgan fingerprint density at radius 3 is 2.55 bits per heavy atom. The van der Waals surface area contributed by atoms with Crippen LogP contribution in [0.2, 0.25) is 0 Å². The number of carbonyl (C=O) groups excluding carboxylic acids is 1. The third-order valence-corrected chi connectivity index (χ3v) is 4.01. The van der Waals surface area contributed by atoms with Crippen molar-refractivity contribution >= 4 is 5.91 Å². The molecule has 1 amide bonds. The van der Waals surface area contributed by atoms with Crippen molar-refractivity contribution < 1.29 is 9.53 Å². The fraction of sp³-hybridized carbons (Fsp3) is 0.706. The number of nitrogens with zero attached hydrogens (tertiary/aromatic N) is 1. The molecule has 0 aromatic carbocycles. The summed E-state index contributed by atoms with van der Waals surface area (Å²) in [5.74, 6) is 0.915. The molecular weight excluding hydrogens is 250 g/mol. The lowest BCUT2D eigenvalue weighted by Gasteiger charge is -2.32. The summed E-state index contributed by atoms with van der Waals surface area (Å²) in [4.78, 5) is 14.5. The summed E-state index contributed by atoms with van der Waals surface area (Å²) in [7, 11) is 1.64. The summed E-state index contributed by atoms with van der Waals surface area (Å²) in [5, 5.41) is 0. The zero-order chi connectivity index (χ0) is 15.0. The van der Waals surface area contributed by atoms with Crippen molar-refractivity contribution in [3.63, 3.8) is 0 Å². The van der Waals surface area contributed by atoms with E-state index in [0.717, 1.165) is 37.4 Å². The van der Waals surface area contributed by atoms with Crippen LogP contribution in [-0.2, 0) is 9.53 Å². The molecule has 0 aromatic rings. The molecule has 0 N–H and O–H groups in total. The van der Waals surface area contributed by atoms with Gasteiger partial charge in [-0.05, 0) is 37.3 Å². The van der Waals surface area contributed by atoms with Crippen molar-refractivity contribution in [2.45, 2.75) is 46.0 Å². The maximum absolute atomic E-state index is 12.5. The first-order chi connectivity index (χ1) is 9.60. The van der Waals surface area contributed by atoms with Gasteiger partial charge in [0, 0.05) is 25.8 Å². The van der Waals surface area contributed by atoms with Gasteiger partial charge in [-0.3, -0.25) is 4.79 Å².